The Kier molecular flexibility index (Phi) is 4.93. The number of hydrogen-bond acceptors (Lipinski definition) is 4. The van der Waals surface area contributed by atoms with Crippen molar-refractivity contribution in [2.24, 2.45) is 0 Å². The summed E-state index contributed by atoms with van der Waals surface area (Å²) in [6.45, 7) is 3.84. The summed E-state index contributed by atoms with van der Waals surface area (Å²) in [4.78, 5) is 10.1. The van der Waals surface area contributed by atoms with Crippen LogP contribution in [-0.2, 0) is 13.0 Å². The number of benzene rings is 1. The van der Waals surface area contributed by atoms with Gasteiger partial charge in [0.25, 0.3) is 0 Å². The van der Waals surface area contributed by atoms with E-state index in [1.54, 1.807) is 11.3 Å². The Hall–Kier alpha value is -2.04. The van der Waals surface area contributed by atoms with Crippen LogP contribution >= 0.6 is 11.3 Å². The molecule has 0 spiro atoms. The molecule has 0 fully saturated rings. The second-order valence-corrected chi connectivity index (χ2v) is 6.35. The molecule has 2 aromatic heterocycles. The highest BCUT2D eigenvalue weighted by Crippen LogP contribution is 2.26. The lowest BCUT2D eigenvalue weighted by Crippen LogP contribution is -2.16. The highest BCUT2D eigenvalue weighted by molar-refractivity contribution is 7.15. The lowest BCUT2D eigenvalue weighted by Gasteiger charge is -2.02. The van der Waals surface area contributed by atoms with E-state index in [-0.39, 0.29) is 0 Å². The van der Waals surface area contributed by atoms with Crippen LogP contribution in [0.3, 0.4) is 0 Å². The summed E-state index contributed by atoms with van der Waals surface area (Å²) in [6.07, 6.45) is 4.75. The highest BCUT2D eigenvalue weighted by Gasteiger charge is 2.04. The molecule has 0 radical (unpaired) electrons. The van der Waals surface area contributed by atoms with Gasteiger partial charge in [-0.3, -0.25) is 4.98 Å². The van der Waals surface area contributed by atoms with Crippen LogP contribution in [0, 0.1) is 6.92 Å². The van der Waals surface area contributed by atoms with Gasteiger partial charge in [0.1, 0.15) is 5.01 Å². The first-order valence-electron chi connectivity index (χ1n) is 7.43. The van der Waals surface area contributed by atoms with Gasteiger partial charge in [-0.2, -0.15) is 0 Å². The Morgan fingerprint density at radius 1 is 1.09 bits per heavy atom. The molecule has 3 aromatic rings. The third-order valence-electron chi connectivity index (χ3n) is 3.42. The lowest BCUT2D eigenvalue weighted by atomic mass is 10.1. The Morgan fingerprint density at radius 2 is 2.05 bits per heavy atom. The quantitative estimate of drug-likeness (QED) is 0.703. The number of rotatable bonds is 6. The van der Waals surface area contributed by atoms with Gasteiger partial charge >= 0.3 is 0 Å². The van der Waals surface area contributed by atoms with Gasteiger partial charge in [0.2, 0.25) is 0 Å². The second-order valence-electron chi connectivity index (χ2n) is 5.24. The zero-order chi connectivity index (χ0) is 15.2. The summed E-state index contributed by atoms with van der Waals surface area (Å²) < 4.78 is 0. The molecule has 0 aliphatic heterocycles. The maximum Gasteiger partial charge on any atom is 0.107 e. The summed E-state index contributed by atoms with van der Waals surface area (Å²) in [6, 6.07) is 14.6. The first-order valence-corrected chi connectivity index (χ1v) is 8.25. The van der Waals surface area contributed by atoms with E-state index < -0.39 is 0 Å². The molecule has 22 heavy (non-hydrogen) atoms. The summed E-state index contributed by atoms with van der Waals surface area (Å²) >= 11 is 1.75. The van der Waals surface area contributed by atoms with Crippen LogP contribution in [0.1, 0.15) is 16.3 Å². The fraction of sp³-hybridized carbons (Fsp3) is 0.222. The molecule has 1 aromatic carbocycles. The van der Waals surface area contributed by atoms with Gasteiger partial charge in [0.05, 0.1) is 4.88 Å². The van der Waals surface area contributed by atoms with Crippen molar-refractivity contribution in [2.75, 3.05) is 6.54 Å². The average Bonchev–Trinajstić information content (AvgIpc) is 3.02. The number of pyridine rings is 1. The molecule has 0 aliphatic carbocycles. The molecule has 0 unspecified atom stereocenters. The van der Waals surface area contributed by atoms with Crippen LogP contribution in [0.15, 0.2) is 54.9 Å². The van der Waals surface area contributed by atoms with Crippen molar-refractivity contribution in [3.63, 3.8) is 0 Å². The molecule has 0 saturated carbocycles. The van der Waals surface area contributed by atoms with Crippen molar-refractivity contribution >= 4 is 11.3 Å². The molecule has 1 N–H and O–H groups in total. The molecule has 0 bridgehead atoms. The van der Waals surface area contributed by atoms with Gasteiger partial charge < -0.3 is 5.32 Å². The lowest BCUT2D eigenvalue weighted by molar-refractivity contribution is 0.677. The Balaban J connectivity index is 1.52. The first kappa shape index (κ1) is 14.9. The number of thiazole rings is 1. The van der Waals surface area contributed by atoms with Crippen LogP contribution in [-0.4, -0.2) is 16.5 Å². The molecule has 0 amide bonds. The summed E-state index contributed by atoms with van der Waals surface area (Å²) in [7, 11) is 0. The van der Waals surface area contributed by atoms with E-state index in [2.05, 4.69) is 52.5 Å². The number of aromatic nitrogens is 2. The van der Waals surface area contributed by atoms with E-state index in [1.165, 1.54) is 16.0 Å². The molecule has 0 atom stereocenters. The molecular formula is C18H19N3S. The minimum atomic E-state index is 0.809. The topological polar surface area (TPSA) is 37.8 Å². The van der Waals surface area contributed by atoms with Crippen molar-refractivity contribution in [1.29, 1.82) is 0 Å². The normalized spacial score (nSPS) is 10.8. The maximum atomic E-state index is 4.51. The predicted octanol–water partition coefficient (Wildman–Crippen LogP) is 3.85. The van der Waals surface area contributed by atoms with Crippen molar-refractivity contribution in [2.45, 2.75) is 19.9 Å². The Bertz CT molecular complexity index is 722. The molecule has 0 saturated heterocycles. The number of aryl methyl sites for hydroxylation is 1. The molecular weight excluding hydrogens is 290 g/mol. The number of nitrogens with zero attached hydrogens (tertiary/aromatic N) is 2. The van der Waals surface area contributed by atoms with Crippen LogP contribution in [0.25, 0.3) is 10.4 Å². The first-order chi connectivity index (χ1) is 10.8. The summed E-state index contributed by atoms with van der Waals surface area (Å²) in [5.41, 5.74) is 3.65. The van der Waals surface area contributed by atoms with Gasteiger partial charge in [-0.05, 0) is 24.6 Å². The largest absolute Gasteiger partial charge is 0.310 e. The predicted molar refractivity (Wildman–Crippen MR) is 91.9 cm³/mol. The minimum absolute atomic E-state index is 0.809. The Labute approximate surface area is 135 Å². The van der Waals surface area contributed by atoms with Gasteiger partial charge in [-0.1, -0.05) is 35.9 Å². The third kappa shape index (κ3) is 4.00. The van der Waals surface area contributed by atoms with E-state index in [4.69, 9.17) is 0 Å². The molecule has 4 heteroatoms. The zero-order valence-electron chi connectivity index (χ0n) is 12.6. The fourth-order valence-electron chi connectivity index (χ4n) is 2.28. The van der Waals surface area contributed by atoms with Crippen molar-refractivity contribution < 1.29 is 0 Å². The SMILES string of the molecule is Cc1cccc(-c2cnc(CNCCc3ccccn3)s2)c1. The van der Waals surface area contributed by atoms with Gasteiger partial charge in [-0.15, -0.1) is 11.3 Å². The third-order valence-corrected chi connectivity index (χ3v) is 4.46. The highest BCUT2D eigenvalue weighted by atomic mass is 32.1. The molecule has 3 nitrogen and oxygen atoms in total. The van der Waals surface area contributed by atoms with Crippen LogP contribution < -0.4 is 5.32 Å². The van der Waals surface area contributed by atoms with Crippen molar-refractivity contribution in [3.05, 3.63) is 71.1 Å². The average molecular weight is 309 g/mol. The maximum absolute atomic E-state index is 4.51. The van der Waals surface area contributed by atoms with E-state index in [9.17, 15) is 0 Å². The van der Waals surface area contributed by atoms with Gasteiger partial charge in [0.15, 0.2) is 0 Å². The monoisotopic (exact) mass is 309 g/mol. The van der Waals surface area contributed by atoms with Crippen LogP contribution in [0.4, 0.5) is 0 Å². The fourth-order valence-corrected chi connectivity index (χ4v) is 3.17. The van der Waals surface area contributed by atoms with Crippen molar-refractivity contribution in [1.82, 2.24) is 15.3 Å². The summed E-state index contributed by atoms with van der Waals surface area (Å²) in [5, 5.41) is 4.56. The number of nitrogens with one attached hydrogen (secondary N) is 1. The molecule has 112 valence electrons. The van der Waals surface area contributed by atoms with Gasteiger partial charge in [-0.25, -0.2) is 4.98 Å². The van der Waals surface area contributed by atoms with Gasteiger partial charge in [0, 0.05) is 37.6 Å². The van der Waals surface area contributed by atoms with E-state index in [1.807, 2.05) is 24.5 Å². The Morgan fingerprint density at radius 3 is 2.86 bits per heavy atom. The van der Waals surface area contributed by atoms with E-state index in [0.29, 0.717) is 0 Å². The standard InChI is InChI=1S/C18H19N3S/c1-14-5-4-6-15(11-14)17-12-21-18(22-17)13-19-10-8-16-7-2-3-9-20-16/h2-7,9,11-12,19H,8,10,13H2,1H3. The summed E-state index contributed by atoms with van der Waals surface area (Å²) in [5.74, 6) is 0. The van der Waals surface area contributed by atoms with E-state index in [0.717, 1.165) is 30.2 Å². The number of hydrogen-bond donors (Lipinski definition) is 1. The van der Waals surface area contributed by atoms with E-state index >= 15 is 0 Å². The second kappa shape index (κ2) is 7.29. The molecule has 3 rings (SSSR count). The van der Waals surface area contributed by atoms with Crippen LogP contribution in [0.2, 0.25) is 0 Å². The molecule has 2 heterocycles. The smallest absolute Gasteiger partial charge is 0.107 e. The van der Waals surface area contributed by atoms with Crippen molar-refractivity contribution in [3.8, 4) is 10.4 Å². The minimum Gasteiger partial charge on any atom is -0.310 e. The zero-order valence-corrected chi connectivity index (χ0v) is 13.4. The molecule has 0 aliphatic rings. The van der Waals surface area contributed by atoms with Crippen LogP contribution in [0.5, 0.6) is 0 Å².